The number of amides is 1. The summed E-state index contributed by atoms with van der Waals surface area (Å²) in [5.74, 6) is 5.30. The number of carbonyl (C=O) groups excluding carboxylic acids is 1. The Morgan fingerprint density at radius 2 is 2.25 bits per heavy atom. The smallest absolute Gasteiger partial charge is 0.277 e. The monoisotopic (exact) mass is 220 g/mol. The number of nitrogens with two attached hydrogens (primary N) is 1. The average Bonchev–Trinajstić information content (AvgIpc) is 2.82. The molecule has 0 radical (unpaired) electrons. The van der Waals surface area contributed by atoms with Crippen molar-refractivity contribution in [3.05, 3.63) is 30.4 Å². The molecule has 0 bridgehead atoms. The van der Waals surface area contributed by atoms with Crippen LogP contribution in [0.2, 0.25) is 0 Å². The molecule has 16 heavy (non-hydrogen) atoms. The molecule has 0 atom stereocenters. The van der Waals surface area contributed by atoms with E-state index in [0.717, 1.165) is 0 Å². The number of aromatic nitrogens is 3. The second-order valence-corrected chi connectivity index (χ2v) is 2.77. The minimum atomic E-state index is -0.446. The molecule has 2 aromatic heterocycles. The van der Waals surface area contributed by atoms with Crippen molar-refractivity contribution < 1.29 is 9.32 Å². The van der Waals surface area contributed by atoms with Gasteiger partial charge in [-0.25, -0.2) is 10.8 Å². The number of anilines is 2. The van der Waals surface area contributed by atoms with Crippen molar-refractivity contribution in [3.8, 4) is 0 Å². The van der Waals surface area contributed by atoms with E-state index in [1.807, 2.05) is 0 Å². The molecule has 0 aliphatic carbocycles. The van der Waals surface area contributed by atoms with Gasteiger partial charge in [0.15, 0.2) is 11.6 Å². The molecule has 4 N–H and O–H groups in total. The first-order valence-electron chi connectivity index (χ1n) is 4.30. The molecule has 1 amide bonds. The van der Waals surface area contributed by atoms with Crippen LogP contribution in [0, 0.1) is 0 Å². The summed E-state index contributed by atoms with van der Waals surface area (Å²) in [6.07, 6.45) is 4.06. The van der Waals surface area contributed by atoms with Crippen LogP contribution in [0.4, 0.5) is 11.6 Å². The van der Waals surface area contributed by atoms with Crippen LogP contribution in [-0.4, -0.2) is 21.0 Å². The van der Waals surface area contributed by atoms with Gasteiger partial charge >= 0.3 is 0 Å². The van der Waals surface area contributed by atoms with Gasteiger partial charge in [-0.1, -0.05) is 5.16 Å². The largest absolute Gasteiger partial charge is 0.363 e. The van der Waals surface area contributed by atoms with Crippen molar-refractivity contribution in [2.24, 2.45) is 5.84 Å². The molecule has 8 nitrogen and oxygen atoms in total. The molecule has 2 aromatic rings. The van der Waals surface area contributed by atoms with Gasteiger partial charge in [-0.05, 0) is 0 Å². The molecule has 0 saturated heterocycles. The van der Waals surface area contributed by atoms with Crippen molar-refractivity contribution in [2.45, 2.75) is 0 Å². The van der Waals surface area contributed by atoms with Gasteiger partial charge in [0.2, 0.25) is 0 Å². The maximum absolute atomic E-state index is 11.6. The fourth-order valence-electron chi connectivity index (χ4n) is 1.00. The molecule has 0 unspecified atom stereocenters. The Balaban J connectivity index is 2.14. The van der Waals surface area contributed by atoms with E-state index in [1.165, 1.54) is 24.7 Å². The average molecular weight is 220 g/mol. The Morgan fingerprint density at radius 1 is 1.38 bits per heavy atom. The topological polar surface area (TPSA) is 119 Å². The number of nitrogens with zero attached hydrogens (tertiary/aromatic N) is 3. The fourth-order valence-corrected chi connectivity index (χ4v) is 1.00. The van der Waals surface area contributed by atoms with Crippen LogP contribution in [0.25, 0.3) is 0 Å². The van der Waals surface area contributed by atoms with Crippen molar-refractivity contribution >= 4 is 17.5 Å². The zero-order valence-electron chi connectivity index (χ0n) is 8.04. The predicted molar refractivity (Wildman–Crippen MR) is 54.3 cm³/mol. The first kappa shape index (κ1) is 10.1. The summed E-state index contributed by atoms with van der Waals surface area (Å²) in [5.41, 5.74) is 2.42. The van der Waals surface area contributed by atoms with E-state index in [2.05, 4.69) is 30.4 Å². The fraction of sp³-hybridized carbons (Fsp3) is 0. The van der Waals surface area contributed by atoms with E-state index >= 15 is 0 Å². The van der Waals surface area contributed by atoms with Gasteiger partial charge in [0.05, 0.1) is 12.4 Å². The number of carbonyl (C=O) groups is 1. The normalized spacial score (nSPS) is 9.81. The lowest BCUT2D eigenvalue weighted by atomic mass is 10.4. The Morgan fingerprint density at radius 3 is 2.94 bits per heavy atom. The van der Waals surface area contributed by atoms with Gasteiger partial charge in [0.1, 0.15) is 12.0 Å². The number of rotatable bonds is 3. The Hall–Kier alpha value is -2.48. The number of nitrogen functional groups attached to an aromatic ring is 1. The van der Waals surface area contributed by atoms with Crippen LogP contribution in [-0.2, 0) is 0 Å². The molecule has 0 aliphatic heterocycles. The summed E-state index contributed by atoms with van der Waals surface area (Å²) in [7, 11) is 0. The van der Waals surface area contributed by atoms with E-state index in [9.17, 15) is 4.79 Å². The first-order chi connectivity index (χ1) is 7.79. The van der Waals surface area contributed by atoms with E-state index in [0.29, 0.717) is 11.6 Å². The van der Waals surface area contributed by atoms with E-state index in [4.69, 9.17) is 5.84 Å². The predicted octanol–water partition coefficient (Wildman–Crippen LogP) is 0.00250. The molecule has 0 fully saturated rings. The summed E-state index contributed by atoms with van der Waals surface area (Å²) >= 11 is 0. The van der Waals surface area contributed by atoms with E-state index in [1.54, 1.807) is 0 Å². The highest BCUT2D eigenvalue weighted by Gasteiger charge is 2.10. The van der Waals surface area contributed by atoms with E-state index < -0.39 is 5.91 Å². The first-order valence-corrected chi connectivity index (χ1v) is 4.30. The highest BCUT2D eigenvalue weighted by molar-refractivity contribution is 6.02. The van der Waals surface area contributed by atoms with Gasteiger partial charge in [0.25, 0.3) is 5.91 Å². The highest BCUT2D eigenvalue weighted by Crippen LogP contribution is 2.05. The zero-order chi connectivity index (χ0) is 11.4. The van der Waals surface area contributed by atoms with Gasteiger partial charge in [0, 0.05) is 6.07 Å². The third kappa shape index (κ3) is 2.12. The minimum Gasteiger partial charge on any atom is -0.363 e. The molecule has 2 heterocycles. The third-order valence-electron chi connectivity index (χ3n) is 1.69. The van der Waals surface area contributed by atoms with Crippen molar-refractivity contribution in [2.75, 3.05) is 10.7 Å². The molecule has 0 spiro atoms. The minimum absolute atomic E-state index is 0.124. The molecular weight excluding hydrogens is 212 g/mol. The maximum Gasteiger partial charge on any atom is 0.277 e. The lowest BCUT2D eigenvalue weighted by Crippen LogP contribution is -2.16. The van der Waals surface area contributed by atoms with Crippen LogP contribution in [0.3, 0.4) is 0 Å². The SMILES string of the molecule is NNc1cncc(C(=O)Nc2ccon2)n1. The number of hydrogen-bond acceptors (Lipinski definition) is 7. The number of hydrazine groups is 1. The molecule has 82 valence electrons. The molecule has 8 heteroatoms. The second kappa shape index (κ2) is 4.36. The van der Waals surface area contributed by atoms with Crippen molar-refractivity contribution in [3.63, 3.8) is 0 Å². The Bertz CT molecular complexity index is 483. The van der Waals surface area contributed by atoms with Crippen LogP contribution >= 0.6 is 0 Å². The zero-order valence-corrected chi connectivity index (χ0v) is 8.04. The van der Waals surface area contributed by atoms with Crippen molar-refractivity contribution in [1.82, 2.24) is 15.1 Å². The van der Waals surface area contributed by atoms with Gasteiger partial charge in [-0.15, -0.1) is 0 Å². The maximum atomic E-state index is 11.6. The quantitative estimate of drug-likeness (QED) is 0.492. The van der Waals surface area contributed by atoms with Gasteiger partial charge in [-0.2, -0.15) is 0 Å². The number of hydrogen-bond donors (Lipinski definition) is 3. The molecule has 2 rings (SSSR count). The standard InChI is InChI=1S/C8H8N6O2/c9-13-7-4-10-3-5(11-7)8(15)12-6-1-2-16-14-6/h1-4H,9H2,(H,11,13)(H,12,14,15). The summed E-state index contributed by atoms with van der Waals surface area (Å²) < 4.78 is 4.56. The van der Waals surface area contributed by atoms with E-state index in [-0.39, 0.29) is 5.69 Å². The van der Waals surface area contributed by atoms with Crippen LogP contribution < -0.4 is 16.6 Å². The lowest BCUT2D eigenvalue weighted by Gasteiger charge is -2.02. The molecule has 0 saturated carbocycles. The van der Waals surface area contributed by atoms with Crippen LogP contribution in [0.15, 0.2) is 29.2 Å². The third-order valence-corrected chi connectivity index (χ3v) is 1.69. The molecular formula is C8H8N6O2. The van der Waals surface area contributed by atoms with Gasteiger partial charge in [-0.3, -0.25) is 9.78 Å². The Kier molecular flexibility index (Phi) is 2.74. The lowest BCUT2D eigenvalue weighted by molar-refractivity contribution is 0.102. The number of nitrogens with one attached hydrogen (secondary N) is 2. The summed E-state index contributed by atoms with van der Waals surface area (Å²) in [4.78, 5) is 19.3. The Labute approximate surface area is 89.8 Å². The molecule has 0 aliphatic rings. The van der Waals surface area contributed by atoms with Gasteiger partial charge < -0.3 is 15.3 Å². The summed E-state index contributed by atoms with van der Waals surface area (Å²) in [5, 5.41) is 6.00. The summed E-state index contributed by atoms with van der Waals surface area (Å²) in [6.45, 7) is 0. The van der Waals surface area contributed by atoms with Crippen LogP contribution in [0.5, 0.6) is 0 Å². The summed E-state index contributed by atoms with van der Waals surface area (Å²) in [6, 6.07) is 1.51. The van der Waals surface area contributed by atoms with Crippen LogP contribution in [0.1, 0.15) is 10.5 Å². The van der Waals surface area contributed by atoms with Crippen molar-refractivity contribution in [1.29, 1.82) is 0 Å². The second-order valence-electron chi connectivity index (χ2n) is 2.77. The molecule has 0 aromatic carbocycles. The highest BCUT2D eigenvalue weighted by atomic mass is 16.5.